The van der Waals surface area contributed by atoms with Gasteiger partial charge in [0.1, 0.15) is 0 Å². The van der Waals surface area contributed by atoms with Crippen LogP contribution in [0, 0.1) is 0 Å². The van der Waals surface area contributed by atoms with E-state index in [-0.39, 0.29) is 19.5 Å². The molecule has 0 N–H and O–H groups in total. The zero-order chi connectivity index (χ0) is 9.00. The quantitative estimate of drug-likeness (QED) is 0.281. The topological polar surface area (TPSA) is 149 Å². The summed E-state index contributed by atoms with van der Waals surface area (Å²) in [5, 5.41) is 0. The van der Waals surface area contributed by atoms with E-state index in [1.165, 1.54) is 0 Å². The van der Waals surface area contributed by atoms with E-state index in [2.05, 4.69) is 0 Å². The van der Waals surface area contributed by atoms with Gasteiger partial charge in [-0.3, -0.25) is 0 Å². The SMILES string of the molecule is [O]=[Re](=[O])(=[O])[O-].[O]=[Re](=[O])(=[O])[O-].[Zn+2]. The molecule has 0 unspecified atom stereocenters. The van der Waals surface area contributed by atoms with Crippen LogP contribution in [0.3, 0.4) is 0 Å². The van der Waals surface area contributed by atoms with Gasteiger partial charge in [-0.1, -0.05) is 0 Å². The van der Waals surface area contributed by atoms with Gasteiger partial charge in [0.05, 0.1) is 0 Å². The zero-order valence-electron chi connectivity index (χ0n) is 4.73. The predicted molar refractivity (Wildman–Crippen MR) is 4.12 cm³/mol. The van der Waals surface area contributed by atoms with Crippen molar-refractivity contribution < 1.29 is 79.5 Å². The van der Waals surface area contributed by atoms with Crippen LogP contribution in [-0.4, -0.2) is 0 Å². The second kappa shape index (κ2) is 6.21. The van der Waals surface area contributed by atoms with Crippen molar-refractivity contribution in [3.8, 4) is 0 Å². The summed E-state index contributed by atoms with van der Waals surface area (Å²) in [5.74, 6) is 0. The first-order valence-electron chi connectivity index (χ1n) is 1.23. The van der Waals surface area contributed by atoms with E-state index in [4.69, 9.17) is 28.5 Å². The third kappa shape index (κ3) is 1800. The summed E-state index contributed by atoms with van der Waals surface area (Å²) in [4.78, 5) is 0. The van der Waals surface area contributed by atoms with Crippen LogP contribution in [0.5, 0.6) is 0 Å². The Morgan fingerprint density at radius 1 is 0.636 bits per heavy atom. The number of hydrogen-bond donors (Lipinski definition) is 0. The van der Waals surface area contributed by atoms with E-state index in [0.29, 0.717) is 0 Å². The summed E-state index contributed by atoms with van der Waals surface area (Å²) in [7, 11) is 0. The molecule has 0 spiro atoms. The second-order valence-corrected chi connectivity index (χ2v) is 6.19. The van der Waals surface area contributed by atoms with Crippen molar-refractivity contribution in [2.75, 3.05) is 0 Å². The van der Waals surface area contributed by atoms with Crippen LogP contribution < -0.4 is 7.66 Å². The van der Waals surface area contributed by atoms with Crippen LogP contribution in [-0.2, 0) is 71.9 Å². The van der Waals surface area contributed by atoms with Crippen LogP contribution in [0.2, 0.25) is 0 Å². The molecule has 0 heterocycles. The Morgan fingerprint density at radius 3 is 0.636 bits per heavy atom. The normalized spacial score (nSPS) is 10.4. The van der Waals surface area contributed by atoms with Crippen LogP contribution in [0.4, 0.5) is 0 Å². The maximum Gasteiger partial charge on any atom is 2.00 e. The molecule has 0 aromatic heterocycles. The maximum absolute atomic E-state index is 8.64. The Balaban J connectivity index is -0.000000107. The predicted octanol–water partition coefficient (Wildman–Crippen LogP) is -3.10. The standard InChI is InChI=1S/8O.2Re.Zn/q;;;;;;2*-1;;;+2. The van der Waals surface area contributed by atoms with Crippen molar-refractivity contribution in [2.24, 2.45) is 0 Å². The number of rotatable bonds is 0. The van der Waals surface area contributed by atoms with Gasteiger partial charge in [0.25, 0.3) is 0 Å². The summed E-state index contributed by atoms with van der Waals surface area (Å²) in [6, 6.07) is 0. The third-order valence-electron chi connectivity index (χ3n) is 0. The average molecular weight is 566 g/mol. The van der Waals surface area contributed by atoms with E-state index in [1.807, 2.05) is 0 Å². The summed E-state index contributed by atoms with van der Waals surface area (Å²) >= 11 is -12.2. The molecule has 0 saturated heterocycles. The first-order chi connectivity index (χ1) is 4.00. The van der Waals surface area contributed by atoms with Crippen molar-refractivity contribution in [1.82, 2.24) is 0 Å². The first-order valence-corrected chi connectivity index (χ1v) is 10.1. The van der Waals surface area contributed by atoms with Gasteiger partial charge in [-0.05, 0) is 0 Å². The summed E-state index contributed by atoms with van der Waals surface area (Å²) in [6.07, 6.45) is 0. The fourth-order valence-corrected chi connectivity index (χ4v) is 0. The van der Waals surface area contributed by atoms with Crippen molar-refractivity contribution in [3.05, 3.63) is 0 Å². The summed E-state index contributed by atoms with van der Waals surface area (Å²) in [6.45, 7) is 0. The molecular weight excluding hydrogens is 566 g/mol. The zero-order valence-corrected chi connectivity index (χ0v) is 13.1. The number of hydrogen-bond acceptors (Lipinski definition) is 8. The average Bonchev–Trinajstić information content (AvgIpc) is 1.12. The molecule has 11 heteroatoms. The van der Waals surface area contributed by atoms with Crippen molar-refractivity contribution in [1.29, 1.82) is 0 Å². The van der Waals surface area contributed by atoms with Crippen LogP contribution in [0.1, 0.15) is 0 Å². The van der Waals surface area contributed by atoms with Crippen molar-refractivity contribution in [2.45, 2.75) is 0 Å². The van der Waals surface area contributed by atoms with Crippen molar-refractivity contribution in [3.63, 3.8) is 0 Å². The molecule has 0 aliphatic rings. The Hall–Kier alpha value is 0.668. The Morgan fingerprint density at radius 2 is 0.636 bits per heavy atom. The van der Waals surface area contributed by atoms with E-state index < -0.39 is 31.6 Å². The fraction of sp³-hybridized carbons (Fsp3) is 0. The molecule has 0 fully saturated rings. The minimum absolute atomic E-state index is 0. The van der Waals surface area contributed by atoms with Gasteiger partial charge < -0.3 is 0 Å². The van der Waals surface area contributed by atoms with Crippen LogP contribution >= 0.6 is 0 Å². The molecule has 0 radical (unpaired) electrons. The summed E-state index contributed by atoms with van der Waals surface area (Å²) in [5.41, 5.74) is 0. The van der Waals surface area contributed by atoms with E-state index in [9.17, 15) is 0 Å². The molecule has 0 aliphatic carbocycles. The van der Waals surface area contributed by atoms with Crippen LogP contribution in [0.15, 0.2) is 0 Å². The largest absolute Gasteiger partial charge is 2.00 e. The maximum atomic E-state index is 8.64. The van der Waals surface area contributed by atoms with Crippen LogP contribution in [0.25, 0.3) is 0 Å². The van der Waals surface area contributed by atoms with Crippen molar-refractivity contribution >= 4 is 0 Å². The Labute approximate surface area is 79.0 Å². The minimum Gasteiger partial charge on any atom is 2.00 e. The van der Waals surface area contributed by atoms with Gasteiger partial charge in [-0.2, -0.15) is 0 Å². The molecule has 0 aliphatic heterocycles. The molecule has 0 bridgehead atoms. The molecule has 64 valence electrons. The smallest absolute Gasteiger partial charge is 2.00 e. The van der Waals surface area contributed by atoms with Gasteiger partial charge in [-0.25, -0.2) is 0 Å². The molecule has 0 atom stereocenters. The van der Waals surface area contributed by atoms with Gasteiger partial charge >= 0.3 is 79.5 Å². The van der Waals surface area contributed by atoms with E-state index in [0.717, 1.165) is 0 Å². The monoisotopic (exact) mass is 566 g/mol. The third-order valence-corrected chi connectivity index (χ3v) is 0. The molecule has 0 aromatic carbocycles. The molecular formula is O8Re2Zn. The summed E-state index contributed by atoms with van der Waals surface area (Å²) < 4.78 is 69.1. The Kier molecular flexibility index (Phi) is 9.98. The molecule has 0 amide bonds. The Bertz CT molecular complexity index is 296. The fourth-order valence-electron chi connectivity index (χ4n) is 0. The van der Waals surface area contributed by atoms with E-state index in [1.54, 1.807) is 0 Å². The molecule has 11 heavy (non-hydrogen) atoms. The van der Waals surface area contributed by atoms with Gasteiger partial charge in [0, 0.05) is 0 Å². The first kappa shape index (κ1) is 17.7. The van der Waals surface area contributed by atoms with E-state index >= 15 is 0 Å². The molecule has 0 saturated carbocycles. The molecule has 0 rings (SSSR count). The molecule has 0 aromatic rings. The second-order valence-electron chi connectivity index (χ2n) is 0.756. The minimum atomic E-state index is -6.11. The van der Waals surface area contributed by atoms with Gasteiger partial charge in [-0.15, -0.1) is 0 Å². The molecule has 8 nitrogen and oxygen atoms in total. The van der Waals surface area contributed by atoms with Gasteiger partial charge in [0.15, 0.2) is 0 Å². The van der Waals surface area contributed by atoms with Gasteiger partial charge in [0.2, 0.25) is 0 Å².